The average Bonchev–Trinajstić information content (AvgIpc) is 3.03. The topological polar surface area (TPSA) is 121 Å². The van der Waals surface area contributed by atoms with Crippen LogP contribution in [0.25, 0.3) is 28.1 Å². The maximum atomic E-state index is 11.8. The number of carbonyl (C=O) groups excluding carboxylic acids is 1. The number of amides is 1. The molecule has 27 heavy (non-hydrogen) atoms. The molecule has 3 rings (SSSR count). The standard InChI is InChI=1S/C18H19N5O.C2H6O/c1-23(2)15(24)10-6-12-5-9-14(11-3-7-13(19)8-4-11)16-17(12)21-22-18(16)20;1-2-3/h3-10H,19H2,1-2H3,(H3,20,21,22);3H,2H2,1H3/b10-6+;. The molecule has 6 N–H and O–H groups in total. The number of carbonyl (C=O) groups is 1. The maximum absolute atomic E-state index is 11.8. The van der Waals surface area contributed by atoms with E-state index in [0.29, 0.717) is 11.5 Å². The SMILES string of the molecule is CCO.CN(C)C(=O)/C=C/c1ccc(-c2ccc(N)cc2)c2c(N)n[nH]c12. The van der Waals surface area contributed by atoms with Crippen molar-refractivity contribution in [1.29, 1.82) is 0 Å². The van der Waals surface area contributed by atoms with Gasteiger partial charge in [0.05, 0.1) is 10.9 Å². The van der Waals surface area contributed by atoms with E-state index in [-0.39, 0.29) is 12.5 Å². The molecule has 1 amide bonds. The molecule has 1 aromatic heterocycles. The highest BCUT2D eigenvalue weighted by atomic mass is 16.2. The van der Waals surface area contributed by atoms with Crippen LogP contribution in [-0.2, 0) is 4.79 Å². The minimum absolute atomic E-state index is 0.0850. The smallest absolute Gasteiger partial charge is 0.246 e. The highest BCUT2D eigenvalue weighted by Crippen LogP contribution is 2.34. The van der Waals surface area contributed by atoms with Crippen LogP contribution in [0.15, 0.2) is 42.5 Å². The predicted octanol–water partition coefficient (Wildman–Crippen LogP) is 2.49. The number of hydrogen-bond donors (Lipinski definition) is 4. The fourth-order valence-corrected chi connectivity index (χ4v) is 2.53. The lowest BCUT2D eigenvalue weighted by molar-refractivity contribution is -0.123. The molecular formula is C20H25N5O2. The molecule has 7 heteroatoms. The van der Waals surface area contributed by atoms with E-state index in [0.717, 1.165) is 27.6 Å². The zero-order valence-corrected chi connectivity index (χ0v) is 15.7. The second-order valence-corrected chi connectivity index (χ2v) is 6.07. The number of nitrogens with two attached hydrogens (primary N) is 2. The summed E-state index contributed by atoms with van der Waals surface area (Å²) in [5.41, 5.74) is 16.1. The van der Waals surface area contributed by atoms with Crippen LogP contribution in [0.5, 0.6) is 0 Å². The number of hydrogen-bond acceptors (Lipinski definition) is 5. The van der Waals surface area contributed by atoms with Crippen molar-refractivity contribution < 1.29 is 9.90 Å². The Labute approximate surface area is 158 Å². The maximum Gasteiger partial charge on any atom is 0.246 e. The Hall–Kier alpha value is -3.32. The summed E-state index contributed by atoms with van der Waals surface area (Å²) in [5, 5.41) is 15.5. The monoisotopic (exact) mass is 367 g/mol. The second-order valence-electron chi connectivity index (χ2n) is 6.07. The van der Waals surface area contributed by atoms with Crippen molar-refractivity contribution in [2.45, 2.75) is 6.92 Å². The molecule has 2 aromatic carbocycles. The third-order valence-electron chi connectivity index (χ3n) is 3.85. The number of fused-ring (bicyclic) bond motifs is 1. The summed E-state index contributed by atoms with van der Waals surface area (Å²) in [6, 6.07) is 11.5. The number of aromatic amines is 1. The Balaban J connectivity index is 0.000000817. The lowest BCUT2D eigenvalue weighted by Gasteiger charge is -2.08. The van der Waals surface area contributed by atoms with Gasteiger partial charge in [0, 0.05) is 38.0 Å². The number of aliphatic hydroxyl groups is 1. The predicted molar refractivity (Wildman–Crippen MR) is 111 cm³/mol. The quantitative estimate of drug-likeness (QED) is 0.419. The van der Waals surface area contributed by atoms with Crippen LogP contribution in [0, 0.1) is 0 Å². The Morgan fingerprint density at radius 2 is 1.81 bits per heavy atom. The number of nitrogens with zero attached hydrogens (tertiary/aromatic N) is 2. The number of likely N-dealkylation sites (N-methyl/N-ethyl adjacent to an activating group) is 1. The van der Waals surface area contributed by atoms with E-state index in [1.54, 1.807) is 27.1 Å². The largest absolute Gasteiger partial charge is 0.399 e. The number of aliphatic hydroxyl groups excluding tert-OH is 1. The molecule has 0 fully saturated rings. The molecule has 1 heterocycles. The van der Waals surface area contributed by atoms with Crippen molar-refractivity contribution in [3.8, 4) is 11.1 Å². The molecule has 0 saturated heterocycles. The van der Waals surface area contributed by atoms with Crippen LogP contribution in [0.1, 0.15) is 12.5 Å². The summed E-state index contributed by atoms with van der Waals surface area (Å²) >= 11 is 0. The van der Waals surface area contributed by atoms with Gasteiger partial charge in [0.15, 0.2) is 5.82 Å². The van der Waals surface area contributed by atoms with Gasteiger partial charge in [0.1, 0.15) is 0 Å². The fraction of sp³-hybridized carbons (Fsp3) is 0.200. The number of aromatic nitrogens is 2. The van der Waals surface area contributed by atoms with Gasteiger partial charge in [-0.2, -0.15) is 5.10 Å². The van der Waals surface area contributed by atoms with Crippen LogP contribution in [0.3, 0.4) is 0 Å². The van der Waals surface area contributed by atoms with Crippen molar-refractivity contribution in [3.63, 3.8) is 0 Å². The first-order valence-electron chi connectivity index (χ1n) is 8.51. The van der Waals surface area contributed by atoms with Gasteiger partial charge in [-0.15, -0.1) is 0 Å². The zero-order valence-electron chi connectivity index (χ0n) is 15.7. The molecule has 0 saturated carbocycles. The van der Waals surface area contributed by atoms with Crippen LogP contribution < -0.4 is 11.5 Å². The summed E-state index contributed by atoms with van der Waals surface area (Å²) in [4.78, 5) is 13.3. The average molecular weight is 367 g/mol. The highest BCUT2D eigenvalue weighted by Gasteiger charge is 2.12. The molecule has 0 aliphatic heterocycles. The number of H-pyrrole nitrogens is 1. The number of anilines is 2. The van der Waals surface area contributed by atoms with Crippen molar-refractivity contribution in [2.75, 3.05) is 32.2 Å². The van der Waals surface area contributed by atoms with Gasteiger partial charge < -0.3 is 21.5 Å². The molecule has 0 unspecified atom stereocenters. The van der Waals surface area contributed by atoms with Crippen LogP contribution >= 0.6 is 0 Å². The third kappa shape index (κ3) is 4.65. The molecular weight excluding hydrogens is 342 g/mol. The molecule has 142 valence electrons. The second kappa shape index (κ2) is 8.86. The lowest BCUT2D eigenvalue weighted by atomic mass is 9.98. The Bertz CT molecular complexity index is 943. The summed E-state index contributed by atoms with van der Waals surface area (Å²) in [5.74, 6) is 0.337. The fourth-order valence-electron chi connectivity index (χ4n) is 2.53. The van der Waals surface area contributed by atoms with Crippen molar-refractivity contribution in [2.24, 2.45) is 0 Å². The van der Waals surface area contributed by atoms with Gasteiger partial charge in [0.25, 0.3) is 0 Å². The molecule has 3 aromatic rings. The first-order valence-corrected chi connectivity index (χ1v) is 8.51. The summed E-state index contributed by atoms with van der Waals surface area (Å²) in [6.45, 7) is 1.93. The molecule has 0 aliphatic carbocycles. The summed E-state index contributed by atoms with van der Waals surface area (Å²) in [6.07, 6.45) is 3.28. The zero-order chi connectivity index (χ0) is 20.0. The van der Waals surface area contributed by atoms with Gasteiger partial charge in [-0.25, -0.2) is 0 Å². The van der Waals surface area contributed by atoms with E-state index in [9.17, 15) is 4.79 Å². The van der Waals surface area contributed by atoms with E-state index in [4.69, 9.17) is 16.6 Å². The van der Waals surface area contributed by atoms with Crippen molar-refractivity contribution in [1.82, 2.24) is 15.1 Å². The van der Waals surface area contributed by atoms with Gasteiger partial charge in [-0.05, 0) is 36.3 Å². The normalized spacial score (nSPS) is 10.7. The number of nitrogens with one attached hydrogen (secondary N) is 1. The number of nitrogen functional groups attached to an aromatic ring is 2. The number of benzene rings is 2. The molecule has 0 spiro atoms. The molecule has 0 aliphatic rings. The molecule has 0 radical (unpaired) electrons. The van der Waals surface area contributed by atoms with E-state index in [2.05, 4.69) is 10.2 Å². The van der Waals surface area contributed by atoms with Crippen LogP contribution in [-0.4, -0.2) is 46.8 Å². The van der Waals surface area contributed by atoms with Crippen LogP contribution in [0.2, 0.25) is 0 Å². The van der Waals surface area contributed by atoms with Crippen molar-refractivity contribution in [3.05, 3.63) is 48.0 Å². The van der Waals surface area contributed by atoms with Gasteiger partial charge in [-0.1, -0.05) is 24.3 Å². The number of rotatable bonds is 3. The first-order chi connectivity index (χ1) is 12.9. The van der Waals surface area contributed by atoms with E-state index >= 15 is 0 Å². The van der Waals surface area contributed by atoms with Crippen molar-refractivity contribution >= 4 is 34.4 Å². The van der Waals surface area contributed by atoms with E-state index < -0.39 is 0 Å². The van der Waals surface area contributed by atoms with Gasteiger partial charge >= 0.3 is 0 Å². The lowest BCUT2D eigenvalue weighted by Crippen LogP contribution is -2.18. The van der Waals surface area contributed by atoms with Gasteiger partial charge in [0.2, 0.25) is 5.91 Å². The molecule has 0 atom stereocenters. The minimum Gasteiger partial charge on any atom is -0.399 e. The van der Waals surface area contributed by atoms with Crippen LogP contribution in [0.4, 0.5) is 11.5 Å². The molecule has 7 nitrogen and oxygen atoms in total. The summed E-state index contributed by atoms with van der Waals surface area (Å²) < 4.78 is 0. The Kier molecular flexibility index (Phi) is 6.56. The highest BCUT2D eigenvalue weighted by molar-refractivity contribution is 6.06. The first kappa shape index (κ1) is 20.0. The minimum atomic E-state index is -0.0850. The van der Waals surface area contributed by atoms with E-state index in [1.807, 2.05) is 36.4 Å². The van der Waals surface area contributed by atoms with Gasteiger partial charge in [-0.3, -0.25) is 9.89 Å². The Morgan fingerprint density at radius 1 is 1.19 bits per heavy atom. The summed E-state index contributed by atoms with van der Waals surface area (Å²) in [7, 11) is 3.42. The molecule has 0 bridgehead atoms. The van der Waals surface area contributed by atoms with E-state index in [1.165, 1.54) is 11.0 Å². The Morgan fingerprint density at radius 3 is 2.41 bits per heavy atom. The third-order valence-corrected chi connectivity index (χ3v) is 3.85.